The van der Waals surface area contributed by atoms with Gasteiger partial charge in [0, 0.05) is 16.1 Å². The number of aryl methyl sites for hydroxylation is 1. The van der Waals surface area contributed by atoms with Crippen molar-refractivity contribution in [2.24, 2.45) is 5.10 Å². The first kappa shape index (κ1) is 18.7. The summed E-state index contributed by atoms with van der Waals surface area (Å²) in [6.07, 6.45) is 1.45. The van der Waals surface area contributed by atoms with Gasteiger partial charge in [0.2, 0.25) is 0 Å². The van der Waals surface area contributed by atoms with E-state index in [2.05, 4.69) is 10.5 Å². The summed E-state index contributed by atoms with van der Waals surface area (Å²) in [6, 6.07) is 16.2. The number of amides is 1. The van der Waals surface area contributed by atoms with Gasteiger partial charge in [-0.1, -0.05) is 23.7 Å². The van der Waals surface area contributed by atoms with Crippen molar-refractivity contribution in [1.82, 2.24) is 5.43 Å². The lowest BCUT2D eigenvalue weighted by atomic mass is 10.1. The molecule has 0 saturated heterocycles. The summed E-state index contributed by atoms with van der Waals surface area (Å²) in [5.74, 6) is 1.60. The van der Waals surface area contributed by atoms with Gasteiger partial charge in [0.05, 0.1) is 12.8 Å². The van der Waals surface area contributed by atoms with Crippen molar-refractivity contribution in [3.05, 3.63) is 76.5 Å². The van der Waals surface area contributed by atoms with Crippen LogP contribution in [0.3, 0.4) is 0 Å². The van der Waals surface area contributed by atoms with E-state index < -0.39 is 0 Å². The zero-order valence-corrected chi connectivity index (χ0v) is 15.8. The molecular weight excluding hydrogens is 364 g/mol. The SMILES string of the molecule is CCOc1ccc(C(=O)N/N=C/c2ccc(-c3ccc(C)c(Cl)c3)o2)cc1. The molecule has 0 saturated carbocycles. The molecule has 2 aromatic carbocycles. The summed E-state index contributed by atoms with van der Waals surface area (Å²) in [4.78, 5) is 12.1. The molecule has 138 valence electrons. The highest BCUT2D eigenvalue weighted by atomic mass is 35.5. The normalized spacial score (nSPS) is 10.9. The van der Waals surface area contributed by atoms with Crippen molar-refractivity contribution in [2.45, 2.75) is 13.8 Å². The molecule has 0 aliphatic carbocycles. The Bertz CT molecular complexity index is 962. The molecule has 0 bridgehead atoms. The van der Waals surface area contributed by atoms with E-state index in [9.17, 15) is 4.79 Å². The third-order valence-electron chi connectivity index (χ3n) is 3.87. The van der Waals surface area contributed by atoms with Gasteiger partial charge in [-0.25, -0.2) is 5.43 Å². The molecule has 0 aliphatic heterocycles. The Morgan fingerprint density at radius 3 is 2.67 bits per heavy atom. The number of rotatable bonds is 6. The summed E-state index contributed by atoms with van der Waals surface area (Å²) in [6.45, 7) is 4.43. The molecule has 1 amide bonds. The lowest BCUT2D eigenvalue weighted by Crippen LogP contribution is -2.17. The second-order valence-electron chi connectivity index (χ2n) is 5.82. The van der Waals surface area contributed by atoms with Crippen molar-refractivity contribution in [3.8, 4) is 17.1 Å². The van der Waals surface area contributed by atoms with Gasteiger partial charge in [-0.2, -0.15) is 5.10 Å². The van der Waals surface area contributed by atoms with Gasteiger partial charge in [0.25, 0.3) is 5.91 Å². The van der Waals surface area contributed by atoms with E-state index in [-0.39, 0.29) is 5.91 Å². The number of carbonyl (C=O) groups is 1. The van der Waals surface area contributed by atoms with Crippen LogP contribution in [0.25, 0.3) is 11.3 Å². The molecule has 1 heterocycles. The maximum Gasteiger partial charge on any atom is 0.271 e. The Morgan fingerprint density at radius 2 is 1.96 bits per heavy atom. The number of ether oxygens (including phenoxy) is 1. The van der Waals surface area contributed by atoms with Gasteiger partial charge < -0.3 is 9.15 Å². The van der Waals surface area contributed by atoms with E-state index in [1.165, 1.54) is 6.21 Å². The number of hydrazone groups is 1. The van der Waals surface area contributed by atoms with Crippen LogP contribution in [-0.4, -0.2) is 18.7 Å². The summed E-state index contributed by atoms with van der Waals surface area (Å²) in [5.41, 5.74) is 4.85. The van der Waals surface area contributed by atoms with Gasteiger partial charge in [-0.3, -0.25) is 4.79 Å². The standard InChI is InChI=1S/C21H19ClN2O3/c1-3-26-17-8-6-15(7-9-17)21(25)24-23-13-18-10-11-20(27-18)16-5-4-14(2)19(22)12-16/h4-13H,3H2,1-2H3,(H,24,25)/b23-13+. The highest BCUT2D eigenvalue weighted by molar-refractivity contribution is 6.31. The van der Waals surface area contributed by atoms with Crippen LogP contribution >= 0.6 is 11.6 Å². The summed E-state index contributed by atoms with van der Waals surface area (Å²) >= 11 is 6.15. The van der Waals surface area contributed by atoms with Crippen molar-refractivity contribution < 1.29 is 13.9 Å². The van der Waals surface area contributed by atoms with Gasteiger partial charge in [-0.15, -0.1) is 0 Å². The molecule has 0 radical (unpaired) electrons. The summed E-state index contributed by atoms with van der Waals surface area (Å²) in [5, 5.41) is 4.62. The van der Waals surface area contributed by atoms with Crippen LogP contribution in [0.4, 0.5) is 0 Å². The molecule has 5 nitrogen and oxygen atoms in total. The third kappa shape index (κ3) is 4.77. The lowest BCUT2D eigenvalue weighted by molar-refractivity contribution is 0.0955. The van der Waals surface area contributed by atoms with Gasteiger partial charge in [0.15, 0.2) is 0 Å². The number of halogens is 1. The second kappa shape index (κ2) is 8.56. The number of nitrogens with one attached hydrogen (secondary N) is 1. The Labute approximate surface area is 162 Å². The van der Waals surface area contributed by atoms with Crippen molar-refractivity contribution in [3.63, 3.8) is 0 Å². The van der Waals surface area contributed by atoms with E-state index in [0.717, 1.165) is 16.9 Å². The molecule has 0 aliphatic rings. The number of benzene rings is 2. The minimum atomic E-state index is -0.314. The van der Waals surface area contributed by atoms with Crippen LogP contribution in [0, 0.1) is 6.92 Å². The predicted molar refractivity (Wildman–Crippen MR) is 107 cm³/mol. The van der Waals surface area contributed by atoms with Gasteiger partial charge in [0.1, 0.15) is 17.3 Å². The number of hydrogen-bond acceptors (Lipinski definition) is 4. The predicted octanol–water partition coefficient (Wildman–Crippen LogP) is 5.07. The average molecular weight is 383 g/mol. The van der Waals surface area contributed by atoms with Crippen molar-refractivity contribution in [2.75, 3.05) is 6.61 Å². The fraction of sp³-hybridized carbons (Fsp3) is 0.143. The Hall–Kier alpha value is -3.05. The van der Waals surface area contributed by atoms with Crippen LogP contribution in [0.5, 0.6) is 5.75 Å². The second-order valence-corrected chi connectivity index (χ2v) is 6.23. The summed E-state index contributed by atoms with van der Waals surface area (Å²) < 4.78 is 11.1. The molecule has 0 spiro atoms. The first-order valence-electron chi connectivity index (χ1n) is 8.49. The van der Waals surface area contributed by atoms with E-state index >= 15 is 0 Å². The molecule has 0 fully saturated rings. The monoisotopic (exact) mass is 382 g/mol. The molecule has 1 aromatic heterocycles. The molecule has 27 heavy (non-hydrogen) atoms. The average Bonchev–Trinajstić information content (AvgIpc) is 3.14. The lowest BCUT2D eigenvalue weighted by Gasteiger charge is -2.03. The highest BCUT2D eigenvalue weighted by Crippen LogP contribution is 2.26. The maximum absolute atomic E-state index is 12.1. The Balaban J connectivity index is 1.62. The van der Waals surface area contributed by atoms with Gasteiger partial charge in [-0.05, 0) is 61.9 Å². The third-order valence-corrected chi connectivity index (χ3v) is 4.28. The van der Waals surface area contributed by atoms with Crippen LogP contribution < -0.4 is 10.2 Å². The molecule has 6 heteroatoms. The Morgan fingerprint density at radius 1 is 1.19 bits per heavy atom. The minimum Gasteiger partial charge on any atom is -0.494 e. The topological polar surface area (TPSA) is 63.8 Å². The van der Waals surface area contributed by atoms with E-state index in [0.29, 0.717) is 28.7 Å². The number of nitrogens with zero attached hydrogens (tertiary/aromatic N) is 1. The molecule has 1 N–H and O–H groups in total. The van der Waals surface area contributed by atoms with Crippen LogP contribution in [0.15, 0.2) is 64.1 Å². The number of carbonyl (C=O) groups excluding carboxylic acids is 1. The summed E-state index contributed by atoms with van der Waals surface area (Å²) in [7, 11) is 0. The van der Waals surface area contributed by atoms with E-state index in [4.69, 9.17) is 20.8 Å². The van der Waals surface area contributed by atoms with Crippen molar-refractivity contribution >= 4 is 23.7 Å². The van der Waals surface area contributed by atoms with E-state index in [1.807, 2.05) is 38.1 Å². The highest BCUT2D eigenvalue weighted by Gasteiger charge is 2.07. The Kier molecular flexibility index (Phi) is 5.94. The minimum absolute atomic E-state index is 0.314. The molecule has 3 aromatic rings. The molecule has 3 rings (SSSR count). The van der Waals surface area contributed by atoms with Crippen molar-refractivity contribution in [1.29, 1.82) is 0 Å². The zero-order valence-electron chi connectivity index (χ0n) is 15.0. The van der Waals surface area contributed by atoms with E-state index in [1.54, 1.807) is 30.3 Å². The molecule has 0 unspecified atom stereocenters. The first-order chi connectivity index (χ1) is 13.1. The number of furan rings is 1. The fourth-order valence-electron chi connectivity index (χ4n) is 2.41. The van der Waals surface area contributed by atoms with Crippen LogP contribution in [0.1, 0.15) is 28.6 Å². The largest absolute Gasteiger partial charge is 0.494 e. The smallest absolute Gasteiger partial charge is 0.271 e. The fourth-order valence-corrected chi connectivity index (χ4v) is 2.59. The number of hydrogen-bond donors (Lipinski definition) is 1. The zero-order chi connectivity index (χ0) is 19.2. The quantitative estimate of drug-likeness (QED) is 0.478. The van der Waals surface area contributed by atoms with Crippen LogP contribution in [-0.2, 0) is 0 Å². The van der Waals surface area contributed by atoms with Gasteiger partial charge >= 0.3 is 0 Å². The van der Waals surface area contributed by atoms with Crippen LogP contribution in [0.2, 0.25) is 5.02 Å². The molecule has 0 atom stereocenters. The first-order valence-corrected chi connectivity index (χ1v) is 8.87. The maximum atomic E-state index is 12.1. The molecular formula is C21H19ClN2O3.